The Morgan fingerprint density at radius 2 is 2.14 bits per heavy atom. The second kappa shape index (κ2) is 4.02. The van der Waals surface area contributed by atoms with Gasteiger partial charge in [-0.2, -0.15) is 0 Å². The van der Waals surface area contributed by atoms with E-state index in [-0.39, 0.29) is 0 Å². The second-order valence-electron chi connectivity index (χ2n) is 2.84. The number of benzene rings is 1. The lowest BCUT2D eigenvalue weighted by Crippen LogP contribution is -2.18. The van der Waals surface area contributed by atoms with Gasteiger partial charge in [0.15, 0.2) is 6.40 Å². The first-order valence-electron chi connectivity index (χ1n) is 4.24. The number of rotatable bonds is 3. The third-order valence-electron chi connectivity index (χ3n) is 1.82. The molecule has 1 aliphatic rings. The van der Waals surface area contributed by atoms with Crippen LogP contribution in [0.3, 0.4) is 0 Å². The molecule has 4 heteroatoms. The van der Waals surface area contributed by atoms with Gasteiger partial charge in [-0.15, -0.1) is 0 Å². The lowest BCUT2D eigenvalue weighted by atomic mass is 10.2. The predicted octanol–water partition coefficient (Wildman–Crippen LogP) is 1.11. The highest BCUT2D eigenvalue weighted by molar-refractivity contribution is 5.86. The highest BCUT2D eigenvalue weighted by atomic mass is 16.6. The molecule has 0 fully saturated rings. The molecule has 0 saturated heterocycles. The van der Waals surface area contributed by atoms with Gasteiger partial charge >= 0.3 is 5.97 Å². The Hall–Kier alpha value is -1.68. The topological polar surface area (TPSA) is 47.9 Å². The van der Waals surface area contributed by atoms with Gasteiger partial charge in [-0.1, -0.05) is 30.3 Å². The number of nitrogens with zero attached hydrogens (tertiary/aromatic N) is 1. The van der Waals surface area contributed by atoms with E-state index in [0.717, 1.165) is 12.0 Å². The van der Waals surface area contributed by atoms with E-state index >= 15 is 0 Å². The van der Waals surface area contributed by atoms with Crippen molar-refractivity contribution in [2.75, 3.05) is 0 Å². The van der Waals surface area contributed by atoms with E-state index in [1.54, 1.807) is 0 Å². The molecule has 1 aromatic carbocycles. The first-order valence-corrected chi connectivity index (χ1v) is 4.24. The van der Waals surface area contributed by atoms with Crippen LogP contribution in [0.15, 0.2) is 35.3 Å². The van der Waals surface area contributed by atoms with E-state index in [0.29, 0.717) is 6.61 Å². The molecule has 72 valence electrons. The molecule has 0 radical (unpaired) electrons. The van der Waals surface area contributed by atoms with Gasteiger partial charge in [-0.05, 0) is 5.56 Å². The summed E-state index contributed by atoms with van der Waals surface area (Å²) in [5.41, 5.74) is 1.00. The minimum absolute atomic E-state index is 0.359. The van der Waals surface area contributed by atoms with E-state index < -0.39 is 12.2 Å². The number of esters is 1. The number of cyclic esters (lactones) is 1. The van der Waals surface area contributed by atoms with E-state index in [4.69, 9.17) is 4.74 Å². The Labute approximate surface area is 81.2 Å². The zero-order valence-corrected chi connectivity index (χ0v) is 7.42. The van der Waals surface area contributed by atoms with Crippen molar-refractivity contribution in [1.29, 1.82) is 0 Å². The third kappa shape index (κ3) is 1.97. The Kier molecular flexibility index (Phi) is 2.55. The number of aliphatic imine (C=N–C) groups is 1. The van der Waals surface area contributed by atoms with Crippen LogP contribution in [-0.2, 0) is 20.9 Å². The van der Waals surface area contributed by atoms with Crippen molar-refractivity contribution in [2.24, 2.45) is 4.99 Å². The van der Waals surface area contributed by atoms with Crippen molar-refractivity contribution in [2.45, 2.75) is 12.8 Å². The number of carbonyl (C=O) groups excluding carboxylic acids is 1. The fraction of sp³-hybridized carbons (Fsp3) is 0.200. The molecule has 1 aromatic rings. The Morgan fingerprint density at radius 1 is 1.36 bits per heavy atom. The van der Waals surface area contributed by atoms with Crippen LogP contribution in [0.4, 0.5) is 0 Å². The lowest BCUT2D eigenvalue weighted by Gasteiger charge is -2.05. The summed E-state index contributed by atoms with van der Waals surface area (Å²) in [6, 6.07) is 9.59. The quantitative estimate of drug-likeness (QED) is 0.672. The smallest absolute Gasteiger partial charge is 0.364 e. The molecule has 1 heterocycles. The third-order valence-corrected chi connectivity index (χ3v) is 1.82. The van der Waals surface area contributed by atoms with Crippen molar-refractivity contribution in [3.8, 4) is 0 Å². The maximum Gasteiger partial charge on any atom is 0.364 e. The first kappa shape index (κ1) is 8.90. The lowest BCUT2D eigenvalue weighted by molar-refractivity contribution is -0.145. The summed E-state index contributed by atoms with van der Waals surface area (Å²) in [4.78, 5) is 14.6. The standard InChI is InChI=1S/C10H9NO3/c12-10-9(11-7-14-10)13-6-8-4-2-1-3-5-8/h1-5,7,9H,6H2. The van der Waals surface area contributed by atoms with Crippen LogP contribution >= 0.6 is 0 Å². The molecular weight excluding hydrogens is 182 g/mol. The largest absolute Gasteiger partial charge is 0.411 e. The number of hydrogen-bond acceptors (Lipinski definition) is 4. The van der Waals surface area contributed by atoms with Crippen molar-refractivity contribution < 1.29 is 14.3 Å². The summed E-state index contributed by atoms with van der Waals surface area (Å²) in [6.45, 7) is 0.359. The molecule has 14 heavy (non-hydrogen) atoms. The monoisotopic (exact) mass is 191 g/mol. The molecule has 2 rings (SSSR count). The van der Waals surface area contributed by atoms with Crippen LogP contribution in [0.2, 0.25) is 0 Å². The maximum atomic E-state index is 10.9. The molecule has 0 aliphatic carbocycles. The zero-order valence-electron chi connectivity index (χ0n) is 7.42. The number of hydrogen-bond donors (Lipinski definition) is 0. The molecule has 0 amide bonds. The van der Waals surface area contributed by atoms with Crippen molar-refractivity contribution >= 4 is 12.4 Å². The van der Waals surface area contributed by atoms with Crippen molar-refractivity contribution in [1.82, 2.24) is 0 Å². The Bertz CT molecular complexity index is 348. The Balaban J connectivity index is 1.89. The van der Waals surface area contributed by atoms with E-state index in [1.165, 1.54) is 0 Å². The molecule has 4 nitrogen and oxygen atoms in total. The summed E-state index contributed by atoms with van der Waals surface area (Å²) in [5, 5.41) is 0. The van der Waals surface area contributed by atoms with Crippen molar-refractivity contribution in [3.05, 3.63) is 35.9 Å². The van der Waals surface area contributed by atoms with Crippen LogP contribution < -0.4 is 0 Å². The highest BCUT2D eigenvalue weighted by Crippen LogP contribution is 2.07. The molecule has 1 atom stereocenters. The van der Waals surface area contributed by atoms with Gasteiger partial charge in [0.2, 0.25) is 0 Å². The van der Waals surface area contributed by atoms with Gasteiger partial charge in [0.05, 0.1) is 6.61 Å². The molecular formula is C10H9NO3. The minimum atomic E-state index is -0.796. The molecule has 0 N–H and O–H groups in total. The normalized spacial score (nSPS) is 19.7. The molecule has 1 unspecified atom stereocenters. The molecule has 0 spiro atoms. The van der Waals surface area contributed by atoms with E-state index in [2.05, 4.69) is 9.73 Å². The first-order chi connectivity index (χ1) is 6.86. The van der Waals surface area contributed by atoms with Crippen LogP contribution in [0, 0.1) is 0 Å². The maximum absolute atomic E-state index is 10.9. The van der Waals surface area contributed by atoms with Crippen LogP contribution in [0.25, 0.3) is 0 Å². The van der Waals surface area contributed by atoms with Gasteiger partial charge in [0.1, 0.15) is 0 Å². The fourth-order valence-electron chi connectivity index (χ4n) is 1.12. The van der Waals surface area contributed by atoms with E-state index in [9.17, 15) is 4.79 Å². The average molecular weight is 191 g/mol. The molecule has 1 aliphatic heterocycles. The molecule has 0 saturated carbocycles. The minimum Gasteiger partial charge on any atom is -0.411 e. The summed E-state index contributed by atoms with van der Waals surface area (Å²) in [5.74, 6) is -0.457. The SMILES string of the molecule is O=C1OC=NC1OCc1ccccc1. The molecule has 0 aromatic heterocycles. The number of ether oxygens (including phenoxy) is 2. The van der Waals surface area contributed by atoms with Gasteiger partial charge in [-0.3, -0.25) is 0 Å². The second-order valence-corrected chi connectivity index (χ2v) is 2.84. The van der Waals surface area contributed by atoms with Crippen LogP contribution in [0.5, 0.6) is 0 Å². The summed E-state index contributed by atoms with van der Waals surface area (Å²) < 4.78 is 9.73. The van der Waals surface area contributed by atoms with Gasteiger partial charge < -0.3 is 9.47 Å². The highest BCUT2D eigenvalue weighted by Gasteiger charge is 2.23. The van der Waals surface area contributed by atoms with Gasteiger partial charge in [0, 0.05) is 0 Å². The van der Waals surface area contributed by atoms with Crippen molar-refractivity contribution in [3.63, 3.8) is 0 Å². The van der Waals surface area contributed by atoms with Crippen LogP contribution in [0.1, 0.15) is 5.56 Å². The van der Waals surface area contributed by atoms with Gasteiger partial charge in [-0.25, -0.2) is 9.79 Å². The Morgan fingerprint density at radius 3 is 2.79 bits per heavy atom. The average Bonchev–Trinajstić information content (AvgIpc) is 2.63. The zero-order chi connectivity index (χ0) is 9.80. The van der Waals surface area contributed by atoms with Gasteiger partial charge in [0.25, 0.3) is 6.23 Å². The van der Waals surface area contributed by atoms with Crippen LogP contribution in [-0.4, -0.2) is 18.6 Å². The summed E-state index contributed by atoms with van der Waals surface area (Å²) in [6.07, 6.45) is 0.313. The number of carbonyl (C=O) groups is 1. The molecule has 0 bridgehead atoms. The predicted molar refractivity (Wildman–Crippen MR) is 49.6 cm³/mol. The van der Waals surface area contributed by atoms with E-state index in [1.807, 2.05) is 30.3 Å². The summed E-state index contributed by atoms with van der Waals surface area (Å²) in [7, 11) is 0. The fourth-order valence-corrected chi connectivity index (χ4v) is 1.12. The summed E-state index contributed by atoms with van der Waals surface area (Å²) >= 11 is 0.